The van der Waals surface area contributed by atoms with Crippen LogP contribution in [0.15, 0.2) is 177 Å². The quantitative estimate of drug-likeness (QED) is 0.0488. The van der Waals surface area contributed by atoms with Crippen LogP contribution in [0.3, 0.4) is 0 Å². The number of alkyl halides is 9. The molecule has 9 rings (SSSR count). The number of ketones is 2. The third-order valence-corrected chi connectivity index (χ3v) is 15.5. The number of fused-ring (bicyclic) bond motifs is 2. The fourth-order valence-electron chi connectivity index (χ4n) is 7.20. The molecule has 5 aromatic carbocycles. The fourth-order valence-corrected chi connectivity index (χ4v) is 10.4. The smallest absolute Gasteiger partial charge is 0.506 e. The first-order valence-corrected chi connectivity index (χ1v) is 26.6. The van der Waals surface area contributed by atoms with Gasteiger partial charge in [0.25, 0.3) is 0 Å². The second-order valence-electron chi connectivity index (χ2n) is 16.2. The van der Waals surface area contributed by atoms with Crippen molar-refractivity contribution in [2.24, 2.45) is 0 Å². The zero-order chi connectivity index (χ0) is 58.3. The summed E-state index contributed by atoms with van der Waals surface area (Å²) < 4.78 is 183. The molecule has 0 bridgehead atoms. The molecule has 0 fully saturated rings. The Morgan fingerprint density at radius 2 is 0.914 bits per heavy atom. The van der Waals surface area contributed by atoms with Gasteiger partial charge < -0.3 is 9.29 Å². The summed E-state index contributed by atoms with van der Waals surface area (Å²) in [7, 11) is -19.5. The van der Waals surface area contributed by atoms with Gasteiger partial charge in [-0.3, -0.25) is 19.6 Å². The summed E-state index contributed by atoms with van der Waals surface area (Å²) in [5.41, 5.74) is -13.5. The van der Waals surface area contributed by atoms with E-state index in [0.29, 0.717) is 45.6 Å². The molecule has 0 saturated carbocycles. The van der Waals surface area contributed by atoms with Crippen LogP contribution in [0.2, 0.25) is 0 Å². The first kappa shape index (κ1) is 61.3. The van der Waals surface area contributed by atoms with Crippen LogP contribution in [0, 0.1) is 0 Å². The Balaban J connectivity index is 0.000000200. The number of para-hydroxylation sites is 1. The summed E-state index contributed by atoms with van der Waals surface area (Å²) in [6.45, 7) is 0. The summed E-state index contributed by atoms with van der Waals surface area (Å²) in [6, 6.07) is 34.6. The highest BCUT2D eigenvalue weighted by atomic mass is 32.3. The highest BCUT2D eigenvalue weighted by Gasteiger charge is 2.61. The van der Waals surface area contributed by atoms with Crippen LogP contribution >= 0.6 is 0 Å². The van der Waals surface area contributed by atoms with Gasteiger partial charge in [-0.2, -0.15) is 64.8 Å². The molecule has 4 aromatic heterocycles. The van der Waals surface area contributed by atoms with Gasteiger partial charge >= 0.3 is 46.7 Å². The van der Waals surface area contributed by atoms with E-state index in [1.54, 1.807) is 67.1 Å². The number of sulfonamides is 2. The maximum Gasteiger partial charge on any atom is 0.534 e. The zero-order valence-electron chi connectivity index (χ0n) is 40.0. The minimum Gasteiger partial charge on any atom is -0.506 e. The van der Waals surface area contributed by atoms with Crippen molar-refractivity contribution in [1.82, 2.24) is 29.9 Å². The molecule has 4 heterocycles. The second-order valence-corrected chi connectivity index (χ2v) is 21.6. The minimum absolute atomic E-state index is 0. The summed E-state index contributed by atoms with van der Waals surface area (Å²) in [6.07, 6.45) is 9.19. The topological polar surface area (TPSA) is 247 Å². The monoisotopic (exact) mass is 1190 g/mol. The Bertz CT molecular complexity index is 4000. The van der Waals surface area contributed by atoms with E-state index in [0.717, 1.165) is 52.8 Å². The standard InChI is InChI=1S/C22H14F3N3O4S.C21H15N3O2.C8H5F6NO4S2.CH4/c23-22(24,25)33(30,31)32-20-9-8-17(18-12-26-13-28-21(18)20)14-4-6-15(7-5-14)19(29)11-16-3-1-2-10-27-16;25-19-9-8-17(18-12-22-13-24-21(18)19)14-4-6-15(7-5-14)20(26)11-16-3-1-2-10-23-16;9-7(10,11)20(16,17)15(6-4-2-1-3-5-6)21(18,19)8(12,13)14;/h1-10,12-13H,11H2;1-10,12-13,25H,11H2;1-5H;1H4. The maximum absolute atomic E-state index is 12.7. The van der Waals surface area contributed by atoms with Crippen LogP contribution in [0.4, 0.5) is 45.2 Å². The molecule has 29 heteroatoms. The van der Waals surface area contributed by atoms with Crippen molar-refractivity contribution in [2.75, 3.05) is 3.71 Å². The number of benzene rings is 5. The van der Waals surface area contributed by atoms with Crippen LogP contribution in [-0.4, -0.2) is 88.4 Å². The number of Topliss-reactive ketones (excluding diaryl/α,β-unsaturated/α-hetero) is 2. The number of halogens is 9. The summed E-state index contributed by atoms with van der Waals surface area (Å²) in [5, 5.41) is 11.0. The molecule has 0 radical (unpaired) electrons. The lowest BCUT2D eigenvalue weighted by Crippen LogP contribution is -2.49. The number of hydrogen-bond donors (Lipinski definition) is 1. The molecule has 0 aliphatic carbocycles. The number of anilines is 1. The lowest BCUT2D eigenvalue weighted by molar-refractivity contribution is -0.0501. The molecule has 0 spiro atoms. The van der Waals surface area contributed by atoms with Gasteiger partial charge in [-0.1, -0.05) is 86.3 Å². The van der Waals surface area contributed by atoms with Crippen LogP contribution in [0.5, 0.6) is 11.5 Å². The number of phenolic OH excluding ortho intramolecular Hbond substituents is 1. The highest BCUT2D eigenvalue weighted by molar-refractivity contribution is 8.11. The normalized spacial score (nSPS) is 12.0. The lowest BCUT2D eigenvalue weighted by Gasteiger charge is -2.25. The number of rotatable bonds is 13. The molecular weight excluding hydrogens is 1150 g/mol. The predicted octanol–water partition coefficient (Wildman–Crippen LogP) is 11.0. The van der Waals surface area contributed by atoms with Crippen molar-refractivity contribution in [3.8, 4) is 33.8 Å². The lowest BCUT2D eigenvalue weighted by atomic mass is 9.98. The van der Waals surface area contributed by atoms with E-state index in [1.807, 2.05) is 48.5 Å². The first-order valence-electron chi connectivity index (χ1n) is 22.3. The van der Waals surface area contributed by atoms with Crippen LogP contribution in [0.1, 0.15) is 39.5 Å². The van der Waals surface area contributed by atoms with E-state index in [4.69, 9.17) is 0 Å². The number of nitrogens with zero attached hydrogens (tertiary/aromatic N) is 7. The summed E-state index contributed by atoms with van der Waals surface area (Å²) in [4.78, 5) is 49.2. The molecule has 0 aliphatic heterocycles. The number of hydrogen-bond acceptors (Lipinski definition) is 16. The SMILES string of the molecule is C.O=C(Cc1ccccn1)c1ccc(-c2ccc(O)c3ncncc23)cc1.O=C(Cc1ccccn1)c1ccc(-c2ccc(OS(=O)(=O)C(F)(F)F)c3ncncc23)cc1.O=S(=O)(N(c1ccccc1)S(=O)(=O)C(F)(F)F)C(F)(F)F. The molecule has 81 heavy (non-hydrogen) atoms. The highest BCUT2D eigenvalue weighted by Crippen LogP contribution is 2.40. The first-order chi connectivity index (χ1) is 37.6. The Kier molecular flexibility index (Phi) is 18.6. The molecule has 0 saturated heterocycles. The van der Waals surface area contributed by atoms with Gasteiger partial charge in [-0.15, -0.1) is 3.71 Å². The van der Waals surface area contributed by atoms with E-state index in [9.17, 15) is 79.5 Å². The molecule has 422 valence electrons. The van der Waals surface area contributed by atoms with Crippen molar-refractivity contribution in [1.29, 1.82) is 0 Å². The van der Waals surface area contributed by atoms with E-state index in [-0.39, 0.29) is 48.5 Å². The number of carbonyl (C=O) groups excluding carboxylic acids is 2. The Morgan fingerprint density at radius 1 is 0.494 bits per heavy atom. The minimum atomic E-state index is -6.81. The van der Waals surface area contributed by atoms with Crippen LogP contribution < -0.4 is 7.89 Å². The number of carbonyl (C=O) groups is 2. The molecule has 17 nitrogen and oxygen atoms in total. The number of phenols is 1. The van der Waals surface area contributed by atoms with Crippen LogP contribution in [0.25, 0.3) is 44.1 Å². The van der Waals surface area contributed by atoms with Gasteiger partial charge in [0.2, 0.25) is 0 Å². The van der Waals surface area contributed by atoms with Crippen LogP contribution in [-0.2, 0) is 43.0 Å². The maximum atomic E-state index is 12.7. The third kappa shape index (κ3) is 14.1. The van der Waals surface area contributed by atoms with Gasteiger partial charge in [0.1, 0.15) is 29.4 Å². The van der Waals surface area contributed by atoms with E-state index < -0.39 is 61.8 Å². The molecule has 9 aromatic rings. The average Bonchev–Trinajstić information content (AvgIpc) is 3.46. The fraction of sp³-hybridized carbons (Fsp3) is 0.115. The van der Waals surface area contributed by atoms with Gasteiger partial charge in [0, 0.05) is 58.1 Å². The molecule has 0 amide bonds. The van der Waals surface area contributed by atoms with Crippen molar-refractivity contribution < 1.29 is 83.6 Å². The number of aromatic hydroxyl groups is 1. The molecule has 1 N–H and O–H groups in total. The molecular formula is C52H38F9N7O10S3. The molecule has 0 unspecified atom stereocenters. The molecule has 0 atom stereocenters. The average molecular weight is 1190 g/mol. The van der Waals surface area contributed by atoms with Gasteiger partial charge in [0.15, 0.2) is 17.3 Å². The van der Waals surface area contributed by atoms with Crippen molar-refractivity contribution in [3.05, 3.63) is 199 Å². The van der Waals surface area contributed by atoms with Gasteiger partial charge in [-0.05, 0) is 82.9 Å². The van der Waals surface area contributed by atoms with E-state index >= 15 is 0 Å². The summed E-state index contributed by atoms with van der Waals surface area (Å²) >= 11 is 0. The van der Waals surface area contributed by atoms with Crippen molar-refractivity contribution in [2.45, 2.75) is 36.8 Å². The van der Waals surface area contributed by atoms with Gasteiger partial charge in [0.05, 0.1) is 18.5 Å². The Hall–Kier alpha value is -8.96. The summed E-state index contributed by atoms with van der Waals surface area (Å²) in [5.74, 6) is -0.562. The largest absolute Gasteiger partial charge is 0.534 e. The van der Waals surface area contributed by atoms with Crippen molar-refractivity contribution >= 4 is 69.2 Å². The third-order valence-electron chi connectivity index (χ3n) is 10.9. The predicted molar refractivity (Wildman–Crippen MR) is 277 cm³/mol. The van der Waals surface area contributed by atoms with Gasteiger partial charge in [-0.25, -0.2) is 19.9 Å². The van der Waals surface area contributed by atoms with E-state index in [1.165, 1.54) is 18.6 Å². The Morgan fingerprint density at radius 3 is 1.33 bits per heavy atom. The second kappa shape index (κ2) is 24.6. The number of aromatic nitrogens is 6. The van der Waals surface area contributed by atoms with E-state index in [2.05, 4.69) is 34.1 Å². The zero-order valence-corrected chi connectivity index (χ0v) is 42.5. The van der Waals surface area contributed by atoms with Crippen molar-refractivity contribution in [3.63, 3.8) is 0 Å². The number of pyridine rings is 2. The molecule has 0 aliphatic rings. The Labute approximate surface area is 454 Å².